The second kappa shape index (κ2) is 8.82. The van der Waals surface area contributed by atoms with E-state index in [0.717, 1.165) is 11.3 Å². The minimum Gasteiger partial charge on any atom is -0.345 e. The summed E-state index contributed by atoms with van der Waals surface area (Å²) in [5, 5.41) is 10.9. The van der Waals surface area contributed by atoms with Crippen LogP contribution in [0.15, 0.2) is 60.8 Å². The lowest BCUT2D eigenvalue weighted by Gasteiger charge is -2.20. The summed E-state index contributed by atoms with van der Waals surface area (Å²) in [5.41, 5.74) is 2.75. The van der Waals surface area contributed by atoms with Gasteiger partial charge in [-0.1, -0.05) is 23.8 Å². The maximum absolute atomic E-state index is 12.9. The highest BCUT2D eigenvalue weighted by Gasteiger charge is 2.25. The standard InChI is InChI=1S/C25H26N6O2/c1-16-8-10-17(11-9-16)23(32)29-20-13-12-19-21(30-31(22(19)28-20)25(2,3)4)24(33)27-15-18-7-5-6-14-26-18/h5-14H,15H2,1-4H3,(H,27,33)(H,28,29,32). The highest BCUT2D eigenvalue weighted by molar-refractivity contribution is 6.06. The molecule has 2 amide bonds. The zero-order valence-electron chi connectivity index (χ0n) is 19.1. The lowest BCUT2D eigenvalue weighted by molar-refractivity contribution is 0.0944. The number of fused-ring (bicyclic) bond motifs is 1. The Morgan fingerprint density at radius 3 is 2.39 bits per heavy atom. The molecule has 0 atom stereocenters. The third kappa shape index (κ3) is 4.90. The predicted molar refractivity (Wildman–Crippen MR) is 127 cm³/mol. The summed E-state index contributed by atoms with van der Waals surface area (Å²) in [6.07, 6.45) is 1.68. The Bertz CT molecular complexity index is 1300. The Balaban J connectivity index is 1.63. The molecular formula is C25H26N6O2. The largest absolute Gasteiger partial charge is 0.345 e. The van der Waals surface area contributed by atoms with Crippen LogP contribution in [0.4, 0.5) is 5.82 Å². The van der Waals surface area contributed by atoms with Crippen molar-refractivity contribution in [2.24, 2.45) is 0 Å². The van der Waals surface area contributed by atoms with Crippen LogP contribution in [0.1, 0.15) is 52.9 Å². The molecule has 8 heteroatoms. The topological polar surface area (TPSA) is 102 Å². The molecule has 0 saturated carbocycles. The number of carbonyl (C=O) groups excluding carboxylic acids is 2. The number of pyridine rings is 2. The molecule has 0 aliphatic rings. The molecule has 4 aromatic rings. The van der Waals surface area contributed by atoms with Gasteiger partial charge in [-0.2, -0.15) is 5.10 Å². The van der Waals surface area contributed by atoms with Crippen LogP contribution >= 0.6 is 0 Å². The number of anilines is 1. The molecule has 168 valence electrons. The molecule has 0 aliphatic carbocycles. The van der Waals surface area contributed by atoms with Crippen LogP contribution in [0.25, 0.3) is 11.0 Å². The van der Waals surface area contributed by atoms with Gasteiger partial charge in [0.2, 0.25) is 0 Å². The van der Waals surface area contributed by atoms with Crippen LogP contribution in [-0.2, 0) is 12.1 Å². The third-order valence-corrected chi connectivity index (χ3v) is 5.09. The predicted octanol–water partition coefficient (Wildman–Crippen LogP) is 4.07. The Morgan fingerprint density at radius 1 is 0.970 bits per heavy atom. The highest BCUT2D eigenvalue weighted by atomic mass is 16.2. The monoisotopic (exact) mass is 442 g/mol. The molecule has 0 aliphatic heterocycles. The van der Waals surface area contributed by atoms with Gasteiger partial charge in [0.15, 0.2) is 11.3 Å². The Hall–Kier alpha value is -4.07. The van der Waals surface area contributed by atoms with E-state index >= 15 is 0 Å². The SMILES string of the molecule is Cc1ccc(C(=O)Nc2ccc3c(C(=O)NCc4ccccn4)nn(C(C)(C)C)c3n2)cc1. The first-order chi connectivity index (χ1) is 15.7. The fourth-order valence-corrected chi connectivity index (χ4v) is 3.35. The van der Waals surface area contributed by atoms with Gasteiger partial charge in [0.25, 0.3) is 11.8 Å². The van der Waals surface area contributed by atoms with E-state index in [1.165, 1.54) is 0 Å². The average molecular weight is 443 g/mol. The van der Waals surface area contributed by atoms with Crippen LogP contribution in [0, 0.1) is 6.92 Å². The fourth-order valence-electron chi connectivity index (χ4n) is 3.35. The van der Waals surface area contributed by atoms with Crippen LogP contribution in [0.2, 0.25) is 0 Å². The van der Waals surface area contributed by atoms with Gasteiger partial charge in [-0.15, -0.1) is 0 Å². The molecular weight excluding hydrogens is 416 g/mol. The van der Waals surface area contributed by atoms with Crippen molar-refractivity contribution in [3.8, 4) is 0 Å². The quantitative estimate of drug-likeness (QED) is 0.485. The summed E-state index contributed by atoms with van der Waals surface area (Å²) < 4.78 is 1.71. The van der Waals surface area contributed by atoms with E-state index < -0.39 is 5.54 Å². The first-order valence-corrected chi connectivity index (χ1v) is 10.7. The number of nitrogens with one attached hydrogen (secondary N) is 2. The minimum atomic E-state index is -0.426. The summed E-state index contributed by atoms with van der Waals surface area (Å²) in [6, 6.07) is 16.3. The van der Waals surface area contributed by atoms with Crippen LogP contribution in [0.5, 0.6) is 0 Å². The molecule has 2 N–H and O–H groups in total. The molecule has 33 heavy (non-hydrogen) atoms. The van der Waals surface area contributed by atoms with Crippen LogP contribution in [0.3, 0.4) is 0 Å². The number of aromatic nitrogens is 4. The molecule has 1 aromatic carbocycles. The van der Waals surface area contributed by atoms with Crippen molar-refractivity contribution in [1.82, 2.24) is 25.1 Å². The van der Waals surface area contributed by atoms with Gasteiger partial charge in [0.05, 0.1) is 23.2 Å². The zero-order valence-corrected chi connectivity index (χ0v) is 19.1. The summed E-state index contributed by atoms with van der Waals surface area (Å²) in [5.74, 6) is -0.178. The van der Waals surface area contributed by atoms with Gasteiger partial charge >= 0.3 is 0 Å². The van der Waals surface area contributed by atoms with Crippen molar-refractivity contribution in [3.05, 3.63) is 83.3 Å². The van der Waals surface area contributed by atoms with E-state index in [0.29, 0.717) is 29.0 Å². The Kier molecular flexibility index (Phi) is 5.91. The normalized spacial score (nSPS) is 11.4. The Morgan fingerprint density at radius 2 is 1.73 bits per heavy atom. The number of amides is 2. The first-order valence-electron chi connectivity index (χ1n) is 10.7. The maximum atomic E-state index is 12.9. The molecule has 0 saturated heterocycles. The molecule has 3 heterocycles. The molecule has 0 spiro atoms. The lowest BCUT2D eigenvalue weighted by Crippen LogP contribution is -2.26. The van der Waals surface area contributed by atoms with E-state index in [-0.39, 0.29) is 17.5 Å². The second-order valence-corrected chi connectivity index (χ2v) is 8.82. The van der Waals surface area contributed by atoms with E-state index in [2.05, 4.69) is 25.7 Å². The van der Waals surface area contributed by atoms with Crippen LogP contribution < -0.4 is 10.6 Å². The minimum absolute atomic E-state index is 0.253. The van der Waals surface area contributed by atoms with Crippen molar-refractivity contribution >= 4 is 28.7 Å². The number of rotatable bonds is 5. The number of aryl methyl sites for hydroxylation is 1. The fraction of sp³-hybridized carbons (Fsp3) is 0.240. The summed E-state index contributed by atoms with van der Waals surface area (Å²) in [4.78, 5) is 34.4. The zero-order chi connectivity index (χ0) is 23.6. The first kappa shape index (κ1) is 22.1. The molecule has 4 rings (SSSR count). The van der Waals surface area contributed by atoms with E-state index in [9.17, 15) is 9.59 Å². The lowest BCUT2D eigenvalue weighted by atomic mass is 10.1. The molecule has 0 fully saturated rings. The number of carbonyl (C=O) groups is 2. The van der Waals surface area contributed by atoms with Crippen LogP contribution in [-0.4, -0.2) is 31.6 Å². The second-order valence-electron chi connectivity index (χ2n) is 8.82. The van der Waals surface area contributed by atoms with E-state index in [4.69, 9.17) is 0 Å². The van der Waals surface area contributed by atoms with E-state index in [1.54, 1.807) is 35.1 Å². The number of nitrogens with zero attached hydrogens (tertiary/aromatic N) is 4. The summed E-state index contributed by atoms with van der Waals surface area (Å²) in [6.45, 7) is 8.20. The van der Waals surface area contributed by atoms with Crippen molar-refractivity contribution in [3.63, 3.8) is 0 Å². The van der Waals surface area contributed by atoms with Crippen molar-refractivity contribution < 1.29 is 9.59 Å². The molecule has 8 nitrogen and oxygen atoms in total. The van der Waals surface area contributed by atoms with Gasteiger partial charge in [-0.25, -0.2) is 9.67 Å². The molecule has 3 aromatic heterocycles. The number of hydrogen-bond donors (Lipinski definition) is 2. The molecule has 0 radical (unpaired) electrons. The Labute approximate surface area is 192 Å². The van der Waals surface area contributed by atoms with Crippen molar-refractivity contribution in [1.29, 1.82) is 0 Å². The van der Waals surface area contributed by atoms with Gasteiger partial charge in [0.1, 0.15) is 5.82 Å². The van der Waals surface area contributed by atoms with Gasteiger partial charge in [-0.3, -0.25) is 14.6 Å². The number of hydrogen-bond acceptors (Lipinski definition) is 5. The highest BCUT2D eigenvalue weighted by Crippen LogP contribution is 2.25. The van der Waals surface area contributed by atoms with Gasteiger partial charge in [-0.05, 0) is 64.1 Å². The van der Waals surface area contributed by atoms with Crippen molar-refractivity contribution in [2.75, 3.05) is 5.32 Å². The average Bonchev–Trinajstić information content (AvgIpc) is 3.18. The van der Waals surface area contributed by atoms with Gasteiger partial charge in [0, 0.05) is 11.8 Å². The summed E-state index contributed by atoms with van der Waals surface area (Å²) in [7, 11) is 0. The third-order valence-electron chi connectivity index (χ3n) is 5.09. The van der Waals surface area contributed by atoms with E-state index in [1.807, 2.05) is 58.0 Å². The van der Waals surface area contributed by atoms with Crippen molar-refractivity contribution in [2.45, 2.75) is 39.8 Å². The number of benzene rings is 1. The molecule has 0 unspecified atom stereocenters. The smallest absolute Gasteiger partial charge is 0.272 e. The maximum Gasteiger partial charge on any atom is 0.272 e. The summed E-state index contributed by atoms with van der Waals surface area (Å²) >= 11 is 0. The van der Waals surface area contributed by atoms with Gasteiger partial charge < -0.3 is 10.6 Å². The molecule has 0 bridgehead atoms.